The van der Waals surface area contributed by atoms with Gasteiger partial charge in [0.05, 0.1) is 0 Å². The van der Waals surface area contributed by atoms with Crippen molar-refractivity contribution in [2.75, 3.05) is 0 Å². The third-order valence-corrected chi connectivity index (χ3v) is 12.8. The standard InChI is InChI=1S/C82H134O16/c1-69(2,3)85-53-43-41-49(59(89-72(10,11)12)63(53)92-75(19,20)21)57(83)50-42-44-54(86-70(4,5)6)64(93-76(22,23)24)60(50)98-82(39,40)46-45-81(37,38)88-56-48-52(62(91-74(16,17)18)68(97-80(34,35)36)66(56)95-78(28,29)30)58(84)51-47-55(87-71(7,8)9)65(94-77(25,26)27)67(96-79(31,32)33)61(51)90-73(13,14)15/h41-44,47-48,57-58,83-84H,45-46H2,1-40H3. The first-order valence-corrected chi connectivity index (χ1v) is 35.1. The van der Waals surface area contributed by atoms with E-state index in [4.69, 9.17) is 66.3 Å². The smallest absolute Gasteiger partial charge is 0.208 e. The Morgan fingerprint density at radius 3 is 0.653 bits per heavy atom. The molecule has 2 unspecified atom stereocenters. The highest BCUT2D eigenvalue weighted by Crippen LogP contribution is 2.59. The van der Waals surface area contributed by atoms with Crippen LogP contribution in [0.25, 0.3) is 0 Å². The summed E-state index contributed by atoms with van der Waals surface area (Å²) in [5.74, 6) is 4.25. The van der Waals surface area contributed by atoms with Crippen LogP contribution in [0.15, 0.2) is 36.4 Å². The van der Waals surface area contributed by atoms with Crippen LogP contribution in [0, 0.1) is 0 Å². The lowest BCUT2D eigenvalue weighted by atomic mass is 9.92. The van der Waals surface area contributed by atoms with Crippen molar-refractivity contribution in [3.63, 3.8) is 0 Å². The van der Waals surface area contributed by atoms with Gasteiger partial charge in [-0.15, -0.1) is 0 Å². The summed E-state index contributed by atoms with van der Waals surface area (Å²) < 4.78 is 97.5. The summed E-state index contributed by atoms with van der Waals surface area (Å²) in [4.78, 5) is 0. The molecule has 0 aliphatic heterocycles. The SMILES string of the molecule is CC(C)(C)Oc1ccc(C(O)c2ccc(OC(C)(C)C)c(OC(C)(C)C)c2OC(C)(C)CCC(C)(C)Oc2cc(C(O)c3cc(OC(C)(C)C)c(OC(C)(C)C)c(OC(C)(C)C)c3OC(C)(C)C)c(OC(C)(C)C)c(OC(C)(C)C)c2OC(C)(C)C)c(OC(C)(C)C)c1OC(C)(C)C. The van der Waals surface area contributed by atoms with Crippen LogP contribution in [-0.4, -0.2) is 88.6 Å². The van der Waals surface area contributed by atoms with Gasteiger partial charge in [0.1, 0.15) is 90.6 Å². The number of aliphatic hydroxyl groups is 2. The van der Waals surface area contributed by atoms with Gasteiger partial charge in [0.25, 0.3) is 0 Å². The second kappa shape index (κ2) is 28.8. The number of aliphatic hydroxyl groups excluding tert-OH is 2. The highest BCUT2D eigenvalue weighted by atomic mass is 16.6. The molecule has 0 aromatic heterocycles. The van der Waals surface area contributed by atoms with E-state index in [1.54, 1.807) is 12.1 Å². The molecule has 0 aliphatic rings. The molecule has 0 saturated heterocycles. The zero-order valence-electron chi connectivity index (χ0n) is 68.6. The fraction of sp³-hybridized carbons (Fsp3) is 0.707. The fourth-order valence-corrected chi connectivity index (χ4v) is 9.86. The van der Waals surface area contributed by atoms with E-state index < -0.39 is 90.6 Å². The molecule has 16 heteroatoms. The van der Waals surface area contributed by atoms with E-state index in [0.717, 1.165) is 0 Å². The third-order valence-electron chi connectivity index (χ3n) is 12.8. The number of rotatable bonds is 23. The van der Waals surface area contributed by atoms with E-state index in [1.165, 1.54) is 0 Å². The van der Waals surface area contributed by atoms with E-state index in [1.807, 2.05) is 301 Å². The lowest BCUT2D eigenvalue weighted by Crippen LogP contribution is -2.36. The van der Waals surface area contributed by atoms with E-state index in [9.17, 15) is 10.2 Å². The van der Waals surface area contributed by atoms with Crippen LogP contribution in [0.3, 0.4) is 0 Å². The van der Waals surface area contributed by atoms with Crippen molar-refractivity contribution in [1.82, 2.24) is 0 Å². The summed E-state index contributed by atoms with van der Waals surface area (Å²) >= 11 is 0. The molecule has 4 aromatic rings. The first-order chi connectivity index (χ1) is 43.3. The Balaban J connectivity index is 2.17. The van der Waals surface area contributed by atoms with Crippen LogP contribution in [0.2, 0.25) is 0 Å². The van der Waals surface area contributed by atoms with Crippen LogP contribution < -0.4 is 66.3 Å². The van der Waals surface area contributed by atoms with Gasteiger partial charge in [0.2, 0.25) is 34.5 Å². The van der Waals surface area contributed by atoms with E-state index >= 15 is 0 Å². The van der Waals surface area contributed by atoms with Crippen molar-refractivity contribution in [2.45, 2.75) is 380 Å². The van der Waals surface area contributed by atoms with Crippen molar-refractivity contribution in [3.8, 4) is 80.5 Å². The second-order valence-electron chi connectivity index (χ2n) is 39.1. The van der Waals surface area contributed by atoms with Crippen molar-refractivity contribution in [3.05, 3.63) is 58.7 Å². The minimum atomic E-state index is -1.54. The molecule has 16 nitrogen and oxygen atoms in total. The van der Waals surface area contributed by atoms with E-state index in [2.05, 4.69) is 0 Å². The molecule has 0 saturated carbocycles. The van der Waals surface area contributed by atoms with Gasteiger partial charge in [-0.05, 0) is 326 Å². The zero-order chi connectivity index (χ0) is 76.1. The number of ether oxygens (including phenoxy) is 14. The maximum atomic E-state index is 13.8. The molecule has 2 atom stereocenters. The van der Waals surface area contributed by atoms with Gasteiger partial charge < -0.3 is 76.5 Å². The summed E-state index contributed by atoms with van der Waals surface area (Å²) in [6.07, 6.45) is -2.17. The summed E-state index contributed by atoms with van der Waals surface area (Å²) in [6.45, 7) is 78.4. The van der Waals surface area contributed by atoms with Gasteiger partial charge in [-0.1, -0.05) is 0 Å². The normalized spacial score (nSPS) is 14.4. The highest BCUT2D eigenvalue weighted by Gasteiger charge is 2.42. The molecule has 558 valence electrons. The summed E-state index contributed by atoms with van der Waals surface area (Å²) in [7, 11) is 0. The molecular formula is C82H134O16. The summed E-state index contributed by atoms with van der Waals surface area (Å²) in [6, 6.07) is 10.8. The van der Waals surface area contributed by atoms with Crippen LogP contribution >= 0.6 is 0 Å². The average Bonchev–Trinajstić information content (AvgIpc) is 0.753. The minimum Gasteiger partial charge on any atom is -0.484 e. The van der Waals surface area contributed by atoms with Crippen LogP contribution in [0.4, 0.5) is 0 Å². The average molecular weight is 1380 g/mol. The Labute approximate surface area is 593 Å². The monoisotopic (exact) mass is 1370 g/mol. The van der Waals surface area contributed by atoms with Crippen LogP contribution in [0.5, 0.6) is 80.5 Å². The summed E-state index contributed by atoms with van der Waals surface area (Å²) in [5, 5.41) is 27.0. The van der Waals surface area contributed by atoms with Crippen LogP contribution in [0.1, 0.15) is 324 Å². The van der Waals surface area contributed by atoms with Gasteiger partial charge in [0, 0.05) is 22.3 Å². The molecule has 0 spiro atoms. The lowest BCUT2D eigenvalue weighted by molar-refractivity contribution is 0.0293. The predicted octanol–water partition coefficient (Wildman–Crippen LogP) is 21.8. The van der Waals surface area contributed by atoms with Crippen molar-refractivity contribution in [1.29, 1.82) is 0 Å². The Hall–Kier alpha value is -6.00. The number of hydrogen-bond acceptors (Lipinski definition) is 16. The topological polar surface area (TPSA) is 170 Å². The third kappa shape index (κ3) is 27.5. The summed E-state index contributed by atoms with van der Waals surface area (Å²) in [5.41, 5.74) is -9.72. The van der Waals surface area contributed by atoms with Crippen molar-refractivity contribution < 1.29 is 76.5 Å². The van der Waals surface area contributed by atoms with Crippen LogP contribution in [-0.2, 0) is 0 Å². The Bertz CT molecular complexity index is 3340. The molecule has 0 bridgehead atoms. The Kier molecular flexibility index (Phi) is 24.8. The van der Waals surface area contributed by atoms with Gasteiger partial charge in [-0.3, -0.25) is 0 Å². The fourth-order valence-electron chi connectivity index (χ4n) is 9.86. The van der Waals surface area contributed by atoms with Crippen molar-refractivity contribution in [2.24, 2.45) is 0 Å². The zero-order valence-corrected chi connectivity index (χ0v) is 68.6. The van der Waals surface area contributed by atoms with E-state index in [-0.39, 0.29) is 45.8 Å². The molecule has 0 aliphatic carbocycles. The number of hydrogen-bond donors (Lipinski definition) is 2. The molecule has 98 heavy (non-hydrogen) atoms. The maximum absolute atomic E-state index is 13.8. The van der Waals surface area contributed by atoms with Gasteiger partial charge >= 0.3 is 0 Å². The van der Waals surface area contributed by atoms with Gasteiger partial charge in [-0.25, -0.2) is 0 Å². The molecule has 0 fully saturated rings. The quantitative estimate of drug-likeness (QED) is 0.0718. The molecule has 4 rings (SSSR count). The molecule has 2 N–H and O–H groups in total. The molecule has 0 radical (unpaired) electrons. The maximum Gasteiger partial charge on any atom is 0.208 e. The molecule has 4 aromatic carbocycles. The first-order valence-electron chi connectivity index (χ1n) is 35.1. The second-order valence-corrected chi connectivity index (χ2v) is 39.1. The number of benzene rings is 4. The Morgan fingerprint density at radius 1 is 0.204 bits per heavy atom. The van der Waals surface area contributed by atoms with Crippen molar-refractivity contribution >= 4 is 0 Å². The Morgan fingerprint density at radius 2 is 0.388 bits per heavy atom. The largest absolute Gasteiger partial charge is 0.484 e. The molecule has 0 heterocycles. The molecular weight excluding hydrogens is 1240 g/mol. The predicted molar refractivity (Wildman–Crippen MR) is 397 cm³/mol. The van der Waals surface area contributed by atoms with E-state index in [0.29, 0.717) is 69.8 Å². The molecule has 0 amide bonds. The van der Waals surface area contributed by atoms with Gasteiger partial charge in [0.15, 0.2) is 46.0 Å². The highest BCUT2D eigenvalue weighted by molar-refractivity contribution is 5.69. The van der Waals surface area contributed by atoms with Gasteiger partial charge in [-0.2, -0.15) is 0 Å². The lowest BCUT2D eigenvalue weighted by Gasteiger charge is -2.37. The first kappa shape index (κ1) is 84.4. The minimum absolute atomic E-state index is 0.219.